The van der Waals surface area contributed by atoms with E-state index < -0.39 is 23.3 Å². The number of likely N-dealkylation sites (N-methyl/N-ethyl adjacent to an activating group) is 2. The minimum Gasteiger partial charge on any atom is -0.342 e. The summed E-state index contributed by atoms with van der Waals surface area (Å²) in [6, 6.07) is 0. The first kappa shape index (κ1) is 18.0. The number of alkyl halides is 3. The maximum atomic E-state index is 12.9. The lowest BCUT2D eigenvalue weighted by molar-refractivity contribution is -0.141. The van der Waals surface area contributed by atoms with Crippen molar-refractivity contribution in [2.45, 2.75) is 20.0 Å². The zero-order valence-electron chi connectivity index (χ0n) is 12.9. The number of rotatable bonds is 5. The molecule has 22 heavy (non-hydrogen) atoms. The molecule has 0 aliphatic rings. The Balaban J connectivity index is 2.95. The largest absolute Gasteiger partial charge is 0.435 e. The molecule has 9 heteroatoms. The van der Waals surface area contributed by atoms with Gasteiger partial charge < -0.3 is 9.80 Å². The van der Waals surface area contributed by atoms with Gasteiger partial charge in [-0.25, -0.2) is 0 Å². The summed E-state index contributed by atoms with van der Waals surface area (Å²) in [6.45, 7) is 4.22. The topological polar surface area (TPSA) is 58.4 Å². The second-order valence-corrected chi connectivity index (χ2v) is 4.79. The van der Waals surface area contributed by atoms with Gasteiger partial charge in [-0.1, -0.05) is 0 Å². The standard InChI is InChI=1S/C13H19F3N4O2/c1-5-20(6-2)10(21)8-18(3)12(22)9-7-19(4)17-11(9)13(14,15)16/h7H,5-6,8H2,1-4H3. The molecule has 0 saturated heterocycles. The Kier molecular flexibility index (Phi) is 5.56. The van der Waals surface area contributed by atoms with E-state index in [1.165, 1.54) is 19.0 Å². The highest BCUT2D eigenvalue weighted by Crippen LogP contribution is 2.30. The number of hydrogen-bond donors (Lipinski definition) is 0. The predicted octanol–water partition coefficient (Wildman–Crippen LogP) is 1.38. The van der Waals surface area contributed by atoms with Crippen molar-refractivity contribution >= 4 is 11.8 Å². The van der Waals surface area contributed by atoms with E-state index >= 15 is 0 Å². The summed E-state index contributed by atoms with van der Waals surface area (Å²) in [7, 11) is 2.59. The van der Waals surface area contributed by atoms with Crippen molar-refractivity contribution in [1.29, 1.82) is 0 Å². The van der Waals surface area contributed by atoms with E-state index in [2.05, 4.69) is 5.10 Å². The van der Waals surface area contributed by atoms with Gasteiger partial charge in [0.1, 0.15) is 0 Å². The number of hydrogen-bond acceptors (Lipinski definition) is 3. The Labute approximate surface area is 126 Å². The number of aryl methyl sites for hydroxylation is 1. The molecule has 0 N–H and O–H groups in total. The number of nitrogens with zero attached hydrogens (tertiary/aromatic N) is 4. The van der Waals surface area contributed by atoms with Crippen molar-refractivity contribution in [2.24, 2.45) is 7.05 Å². The van der Waals surface area contributed by atoms with Crippen LogP contribution in [-0.2, 0) is 18.0 Å². The van der Waals surface area contributed by atoms with Gasteiger partial charge in [-0.3, -0.25) is 14.3 Å². The molecular formula is C13H19F3N4O2. The van der Waals surface area contributed by atoms with Gasteiger partial charge in [0.05, 0.1) is 12.1 Å². The van der Waals surface area contributed by atoms with Crippen LogP contribution in [0.15, 0.2) is 6.20 Å². The average molecular weight is 320 g/mol. The summed E-state index contributed by atoms with van der Waals surface area (Å²) >= 11 is 0. The molecule has 0 bridgehead atoms. The fourth-order valence-electron chi connectivity index (χ4n) is 2.01. The second kappa shape index (κ2) is 6.80. The van der Waals surface area contributed by atoms with Crippen LogP contribution in [0, 0.1) is 0 Å². The van der Waals surface area contributed by atoms with Crippen LogP contribution >= 0.6 is 0 Å². The van der Waals surface area contributed by atoms with Crippen LogP contribution in [0.25, 0.3) is 0 Å². The monoisotopic (exact) mass is 320 g/mol. The fraction of sp³-hybridized carbons (Fsp3) is 0.615. The minimum atomic E-state index is -4.73. The number of carbonyl (C=O) groups excluding carboxylic acids is 2. The predicted molar refractivity (Wildman–Crippen MR) is 73.1 cm³/mol. The van der Waals surface area contributed by atoms with Crippen LogP contribution in [0.4, 0.5) is 13.2 Å². The Morgan fingerprint density at radius 1 is 1.27 bits per heavy atom. The van der Waals surface area contributed by atoms with Crippen molar-refractivity contribution in [3.8, 4) is 0 Å². The third-order valence-electron chi connectivity index (χ3n) is 3.16. The van der Waals surface area contributed by atoms with Crippen LogP contribution in [0.1, 0.15) is 29.9 Å². The molecule has 1 rings (SSSR count). The first-order valence-corrected chi connectivity index (χ1v) is 6.75. The maximum Gasteiger partial charge on any atom is 0.435 e. The third-order valence-corrected chi connectivity index (χ3v) is 3.16. The lowest BCUT2D eigenvalue weighted by Gasteiger charge is -2.23. The molecule has 0 aliphatic heterocycles. The second-order valence-electron chi connectivity index (χ2n) is 4.79. The summed E-state index contributed by atoms with van der Waals surface area (Å²) in [6.07, 6.45) is -3.72. The molecule has 2 amide bonds. The van der Waals surface area contributed by atoms with Gasteiger partial charge in [0.2, 0.25) is 5.91 Å². The van der Waals surface area contributed by atoms with E-state index in [4.69, 9.17) is 0 Å². The maximum absolute atomic E-state index is 12.9. The highest BCUT2D eigenvalue weighted by Gasteiger charge is 2.39. The molecule has 1 heterocycles. The summed E-state index contributed by atoms with van der Waals surface area (Å²) < 4.78 is 39.5. The van der Waals surface area contributed by atoms with Gasteiger partial charge >= 0.3 is 6.18 Å². The first-order valence-electron chi connectivity index (χ1n) is 6.75. The van der Waals surface area contributed by atoms with Crippen molar-refractivity contribution in [2.75, 3.05) is 26.7 Å². The summed E-state index contributed by atoms with van der Waals surface area (Å²) in [5.74, 6) is -1.21. The smallest absolute Gasteiger partial charge is 0.342 e. The number of aromatic nitrogens is 2. The van der Waals surface area contributed by atoms with Crippen molar-refractivity contribution in [3.63, 3.8) is 0 Å². The molecule has 124 valence electrons. The van der Waals surface area contributed by atoms with Crippen LogP contribution in [0.2, 0.25) is 0 Å². The highest BCUT2D eigenvalue weighted by atomic mass is 19.4. The molecule has 1 aromatic rings. The van der Waals surface area contributed by atoms with Gasteiger partial charge in [0.15, 0.2) is 5.69 Å². The zero-order chi connectivity index (χ0) is 17.1. The lowest BCUT2D eigenvalue weighted by atomic mass is 10.2. The van der Waals surface area contributed by atoms with Gasteiger partial charge in [0.25, 0.3) is 5.91 Å². The van der Waals surface area contributed by atoms with Crippen LogP contribution in [0.5, 0.6) is 0 Å². The molecule has 0 aromatic carbocycles. The minimum absolute atomic E-state index is 0.285. The molecule has 0 radical (unpaired) electrons. The van der Waals surface area contributed by atoms with E-state index in [0.717, 1.165) is 15.8 Å². The molecule has 6 nitrogen and oxygen atoms in total. The van der Waals surface area contributed by atoms with Crippen LogP contribution in [-0.4, -0.2) is 58.1 Å². The molecule has 0 aliphatic carbocycles. The summed E-state index contributed by atoms with van der Waals surface area (Å²) in [5.41, 5.74) is -1.81. The molecular weight excluding hydrogens is 301 g/mol. The van der Waals surface area contributed by atoms with Gasteiger partial charge in [-0.2, -0.15) is 18.3 Å². The zero-order valence-corrected chi connectivity index (χ0v) is 12.9. The molecule has 1 aromatic heterocycles. The van der Waals surface area contributed by atoms with Crippen molar-refractivity contribution < 1.29 is 22.8 Å². The Morgan fingerprint density at radius 2 is 1.82 bits per heavy atom. The number of carbonyl (C=O) groups is 2. The first-order chi connectivity index (χ1) is 10.1. The van der Waals surface area contributed by atoms with E-state index in [-0.39, 0.29) is 12.5 Å². The molecule has 0 atom stereocenters. The fourth-order valence-corrected chi connectivity index (χ4v) is 2.01. The SMILES string of the molecule is CCN(CC)C(=O)CN(C)C(=O)c1cn(C)nc1C(F)(F)F. The van der Waals surface area contributed by atoms with E-state index in [1.54, 1.807) is 13.8 Å². The van der Waals surface area contributed by atoms with E-state index in [1.807, 2.05) is 0 Å². The van der Waals surface area contributed by atoms with E-state index in [9.17, 15) is 22.8 Å². The van der Waals surface area contributed by atoms with E-state index in [0.29, 0.717) is 13.1 Å². The highest BCUT2D eigenvalue weighted by molar-refractivity contribution is 5.97. The van der Waals surface area contributed by atoms with Gasteiger partial charge in [-0.05, 0) is 13.8 Å². The molecule has 0 fully saturated rings. The van der Waals surface area contributed by atoms with Gasteiger partial charge in [0, 0.05) is 33.4 Å². The summed E-state index contributed by atoms with van der Waals surface area (Å²) in [4.78, 5) is 26.6. The number of amides is 2. The molecule has 0 saturated carbocycles. The quantitative estimate of drug-likeness (QED) is 0.823. The lowest BCUT2D eigenvalue weighted by Crippen LogP contribution is -2.41. The van der Waals surface area contributed by atoms with Crippen LogP contribution in [0.3, 0.4) is 0 Å². The average Bonchev–Trinajstić information content (AvgIpc) is 2.81. The normalized spacial score (nSPS) is 11.4. The Hall–Kier alpha value is -2.06. The Bertz CT molecular complexity index is 550. The molecule has 0 unspecified atom stereocenters. The van der Waals surface area contributed by atoms with Crippen molar-refractivity contribution in [1.82, 2.24) is 19.6 Å². The van der Waals surface area contributed by atoms with Crippen molar-refractivity contribution in [3.05, 3.63) is 17.5 Å². The Morgan fingerprint density at radius 3 is 2.27 bits per heavy atom. The van der Waals surface area contributed by atoms with Gasteiger partial charge in [-0.15, -0.1) is 0 Å². The molecule has 0 spiro atoms. The van der Waals surface area contributed by atoms with Crippen LogP contribution < -0.4 is 0 Å². The number of halogens is 3. The summed E-state index contributed by atoms with van der Waals surface area (Å²) in [5, 5.41) is 3.28. The third kappa shape index (κ3) is 3.99.